The van der Waals surface area contributed by atoms with E-state index < -0.39 is 0 Å². The predicted octanol–water partition coefficient (Wildman–Crippen LogP) is 4.73. The molecule has 1 rings (SSSR count). The van der Waals surface area contributed by atoms with Crippen LogP contribution in [-0.4, -0.2) is 0 Å². The fourth-order valence-corrected chi connectivity index (χ4v) is 3.16. The largest absolute Gasteiger partial charge is 0.192 e. The Labute approximate surface area is 105 Å². The molecule has 17 heavy (non-hydrogen) atoms. The zero-order valence-corrected chi connectivity index (χ0v) is 12.1. The molecule has 0 amide bonds. The van der Waals surface area contributed by atoms with Crippen molar-refractivity contribution in [3.05, 3.63) is 33.4 Å². The molecule has 1 nitrogen and oxygen atoms in total. The van der Waals surface area contributed by atoms with Crippen molar-refractivity contribution in [1.29, 1.82) is 5.26 Å². The smallest absolute Gasteiger partial charge is 0.0997 e. The summed E-state index contributed by atoms with van der Waals surface area (Å²) in [6.07, 6.45) is 0. The highest BCUT2D eigenvalue weighted by molar-refractivity contribution is 5.57. The third-order valence-electron chi connectivity index (χ3n) is 3.63. The summed E-state index contributed by atoms with van der Waals surface area (Å²) < 4.78 is 0. The van der Waals surface area contributed by atoms with Crippen LogP contribution in [0.5, 0.6) is 0 Å². The number of benzene rings is 1. The molecule has 1 aromatic carbocycles. The van der Waals surface area contributed by atoms with E-state index in [4.69, 9.17) is 0 Å². The summed E-state index contributed by atoms with van der Waals surface area (Å²) in [5.41, 5.74) is 7.31. The quantitative estimate of drug-likeness (QED) is 0.719. The van der Waals surface area contributed by atoms with Crippen LogP contribution in [-0.2, 0) is 0 Å². The summed E-state index contributed by atoms with van der Waals surface area (Å²) in [5.74, 6) is 0.945. The molecule has 0 aliphatic carbocycles. The van der Waals surface area contributed by atoms with Crippen molar-refractivity contribution < 1.29 is 0 Å². The van der Waals surface area contributed by atoms with Crippen molar-refractivity contribution in [1.82, 2.24) is 0 Å². The number of hydrogen-bond donors (Lipinski definition) is 0. The second-order valence-electron chi connectivity index (χ2n) is 5.50. The Hall–Kier alpha value is -1.29. The van der Waals surface area contributed by atoms with E-state index >= 15 is 0 Å². The van der Waals surface area contributed by atoms with Gasteiger partial charge in [-0.3, -0.25) is 0 Å². The van der Waals surface area contributed by atoms with Crippen LogP contribution in [0.2, 0.25) is 0 Å². The fourth-order valence-electron chi connectivity index (χ4n) is 3.16. The van der Waals surface area contributed by atoms with E-state index in [2.05, 4.69) is 54.5 Å². The van der Waals surface area contributed by atoms with Crippen molar-refractivity contribution in [3.8, 4) is 6.07 Å². The van der Waals surface area contributed by atoms with Gasteiger partial charge in [0.2, 0.25) is 0 Å². The maximum absolute atomic E-state index is 9.35. The molecule has 0 saturated heterocycles. The Kier molecular flexibility index (Phi) is 3.98. The molecule has 0 aromatic heterocycles. The normalized spacial score (nSPS) is 11.1. The van der Waals surface area contributed by atoms with Crippen molar-refractivity contribution in [2.24, 2.45) is 0 Å². The first-order valence-electron chi connectivity index (χ1n) is 6.36. The van der Waals surface area contributed by atoms with Crippen LogP contribution in [0.15, 0.2) is 0 Å². The van der Waals surface area contributed by atoms with Crippen LogP contribution < -0.4 is 0 Å². The van der Waals surface area contributed by atoms with Gasteiger partial charge in [0.25, 0.3) is 0 Å². The van der Waals surface area contributed by atoms with Gasteiger partial charge < -0.3 is 0 Å². The lowest BCUT2D eigenvalue weighted by molar-refractivity contribution is 0.801. The van der Waals surface area contributed by atoms with Gasteiger partial charge in [0.15, 0.2) is 0 Å². The maximum atomic E-state index is 9.35. The van der Waals surface area contributed by atoms with Crippen LogP contribution in [0.4, 0.5) is 0 Å². The fraction of sp³-hybridized carbons (Fsp3) is 0.562. The van der Waals surface area contributed by atoms with Crippen molar-refractivity contribution >= 4 is 0 Å². The predicted molar refractivity (Wildman–Crippen MR) is 73.5 cm³/mol. The zero-order valence-electron chi connectivity index (χ0n) is 12.1. The number of hydrogen-bond acceptors (Lipinski definition) is 1. The highest BCUT2D eigenvalue weighted by Gasteiger charge is 2.19. The molecular weight excluding hydrogens is 206 g/mol. The van der Waals surface area contributed by atoms with Gasteiger partial charge in [-0.1, -0.05) is 27.7 Å². The number of nitriles is 1. The minimum Gasteiger partial charge on any atom is -0.192 e. The molecule has 92 valence electrons. The van der Waals surface area contributed by atoms with E-state index in [0.29, 0.717) is 11.8 Å². The Morgan fingerprint density at radius 2 is 1.12 bits per heavy atom. The molecule has 0 radical (unpaired) electrons. The molecule has 0 heterocycles. The monoisotopic (exact) mass is 229 g/mol. The van der Waals surface area contributed by atoms with Gasteiger partial charge in [0, 0.05) is 0 Å². The van der Waals surface area contributed by atoms with Gasteiger partial charge in [0.1, 0.15) is 0 Å². The van der Waals surface area contributed by atoms with E-state index in [1.165, 1.54) is 27.8 Å². The SMILES string of the molecule is Cc1c(C#N)c(C)c(C(C)C)c(C)c1C(C)C. The molecule has 1 heteroatoms. The molecule has 1 aromatic rings. The highest BCUT2D eigenvalue weighted by Crippen LogP contribution is 2.35. The van der Waals surface area contributed by atoms with E-state index in [9.17, 15) is 5.26 Å². The summed E-state index contributed by atoms with van der Waals surface area (Å²) >= 11 is 0. The number of nitrogens with zero attached hydrogens (tertiary/aromatic N) is 1. The summed E-state index contributed by atoms with van der Waals surface area (Å²) in [7, 11) is 0. The first kappa shape index (κ1) is 13.8. The molecule has 0 saturated carbocycles. The molecular formula is C16H23N. The summed E-state index contributed by atoms with van der Waals surface area (Å²) in [5, 5.41) is 9.35. The third-order valence-corrected chi connectivity index (χ3v) is 3.63. The van der Waals surface area contributed by atoms with Gasteiger partial charge in [-0.15, -0.1) is 0 Å². The van der Waals surface area contributed by atoms with Gasteiger partial charge in [-0.05, 0) is 60.4 Å². The van der Waals surface area contributed by atoms with E-state index in [0.717, 1.165) is 5.56 Å². The second kappa shape index (κ2) is 4.92. The van der Waals surface area contributed by atoms with E-state index in [-0.39, 0.29) is 0 Å². The summed E-state index contributed by atoms with van der Waals surface area (Å²) in [4.78, 5) is 0. The Morgan fingerprint density at radius 3 is 1.35 bits per heavy atom. The van der Waals surface area contributed by atoms with Gasteiger partial charge in [-0.2, -0.15) is 5.26 Å². The third kappa shape index (κ3) is 2.22. The summed E-state index contributed by atoms with van der Waals surface area (Å²) in [6, 6.07) is 2.38. The highest BCUT2D eigenvalue weighted by atomic mass is 14.3. The van der Waals surface area contributed by atoms with Gasteiger partial charge in [-0.25, -0.2) is 0 Å². The van der Waals surface area contributed by atoms with Gasteiger partial charge in [0.05, 0.1) is 11.6 Å². The van der Waals surface area contributed by atoms with E-state index in [1.54, 1.807) is 0 Å². The van der Waals surface area contributed by atoms with Crippen molar-refractivity contribution in [2.75, 3.05) is 0 Å². The molecule has 0 aliphatic heterocycles. The summed E-state index contributed by atoms with van der Waals surface area (Å²) in [6.45, 7) is 15.2. The van der Waals surface area contributed by atoms with Crippen LogP contribution in [0.25, 0.3) is 0 Å². The topological polar surface area (TPSA) is 23.8 Å². The second-order valence-corrected chi connectivity index (χ2v) is 5.50. The maximum Gasteiger partial charge on any atom is 0.0997 e. The molecule has 0 spiro atoms. The average molecular weight is 229 g/mol. The zero-order chi connectivity index (χ0) is 13.3. The van der Waals surface area contributed by atoms with Crippen LogP contribution in [0.3, 0.4) is 0 Å². The Morgan fingerprint density at radius 1 is 0.765 bits per heavy atom. The Bertz CT molecular complexity index is 438. The van der Waals surface area contributed by atoms with Crippen LogP contribution in [0, 0.1) is 32.1 Å². The first-order chi connectivity index (χ1) is 7.82. The molecule has 0 aliphatic rings. The lowest BCUT2D eigenvalue weighted by atomic mass is 9.81. The lowest BCUT2D eigenvalue weighted by Gasteiger charge is -2.23. The van der Waals surface area contributed by atoms with Gasteiger partial charge >= 0.3 is 0 Å². The molecule has 0 N–H and O–H groups in total. The van der Waals surface area contributed by atoms with E-state index in [1.807, 2.05) is 0 Å². The lowest BCUT2D eigenvalue weighted by Crippen LogP contribution is -2.08. The standard InChI is InChI=1S/C16H23N/c1-9(2)15-11(5)14(8-17)12(6)16(10(3)4)13(15)7/h9-10H,1-7H3. The minimum absolute atomic E-state index is 0.472. The average Bonchev–Trinajstić information content (AvgIpc) is 2.16. The van der Waals surface area contributed by atoms with Crippen LogP contribution in [0.1, 0.15) is 72.9 Å². The first-order valence-corrected chi connectivity index (χ1v) is 6.36. The number of rotatable bonds is 2. The molecule has 0 fully saturated rings. The van der Waals surface area contributed by atoms with Crippen molar-refractivity contribution in [2.45, 2.75) is 60.3 Å². The van der Waals surface area contributed by atoms with Crippen molar-refractivity contribution in [3.63, 3.8) is 0 Å². The minimum atomic E-state index is 0.472. The molecule has 0 unspecified atom stereocenters. The van der Waals surface area contributed by atoms with Crippen LogP contribution >= 0.6 is 0 Å². The molecule has 0 bridgehead atoms. The molecule has 0 atom stereocenters. The Balaban J connectivity index is 3.77.